The summed E-state index contributed by atoms with van der Waals surface area (Å²) in [6.45, 7) is 2.83. The molecule has 0 aliphatic heterocycles. The molecule has 0 atom stereocenters. The molecule has 21 heavy (non-hydrogen) atoms. The molecule has 2 rings (SSSR count). The molecular weight excluding hydrogens is 280 g/mol. The van der Waals surface area contributed by atoms with Gasteiger partial charge in [-0.05, 0) is 29.5 Å². The Bertz CT molecular complexity index is 613. The van der Waals surface area contributed by atoms with Crippen LogP contribution in [0, 0.1) is 5.41 Å². The van der Waals surface area contributed by atoms with E-state index in [1.165, 1.54) is 0 Å². The number of anilines is 1. The van der Waals surface area contributed by atoms with Crippen LogP contribution in [0.25, 0.3) is 0 Å². The predicted molar refractivity (Wildman–Crippen MR) is 90.2 cm³/mol. The van der Waals surface area contributed by atoms with Crippen LogP contribution in [0.3, 0.4) is 0 Å². The van der Waals surface area contributed by atoms with Gasteiger partial charge in [0, 0.05) is 36.6 Å². The van der Waals surface area contributed by atoms with Gasteiger partial charge in [-0.15, -0.1) is 11.8 Å². The summed E-state index contributed by atoms with van der Waals surface area (Å²) >= 11 is 1.71. The van der Waals surface area contributed by atoms with Gasteiger partial charge < -0.3 is 10.6 Å². The molecule has 3 N–H and O–H groups in total. The molecule has 0 bridgehead atoms. The number of rotatable bonds is 6. The lowest BCUT2D eigenvalue weighted by molar-refractivity contribution is 0.910. The van der Waals surface area contributed by atoms with Gasteiger partial charge >= 0.3 is 0 Å². The minimum absolute atomic E-state index is 0.111. The maximum atomic E-state index is 7.89. The van der Waals surface area contributed by atoms with E-state index in [1.807, 2.05) is 43.6 Å². The monoisotopic (exact) mass is 300 g/mol. The van der Waals surface area contributed by atoms with Gasteiger partial charge in [-0.1, -0.05) is 19.1 Å². The number of benzene rings is 1. The van der Waals surface area contributed by atoms with Crippen molar-refractivity contribution >= 4 is 23.3 Å². The molecule has 0 radical (unpaired) electrons. The molecule has 5 heteroatoms. The normalized spacial score (nSPS) is 10.4. The second-order valence-corrected chi connectivity index (χ2v) is 6.02. The van der Waals surface area contributed by atoms with Gasteiger partial charge in [-0.3, -0.25) is 10.4 Å². The van der Waals surface area contributed by atoms with Crippen LogP contribution < -0.4 is 10.6 Å². The molecule has 110 valence electrons. The maximum absolute atomic E-state index is 7.89. The number of nitrogens with one attached hydrogen (secondary N) is 1. The summed E-state index contributed by atoms with van der Waals surface area (Å²) in [5.41, 5.74) is 8.73. The highest BCUT2D eigenvalue weighted by Crippen LogP contribution is 2.30. The largest absolute Gasteiger partial charge is 0.384 e. The molecule has 0 aliphatic rings. The van der Waals surface area contributed by atoms with Crippen molar-refractivity contribution in [2.24, 2.45) is 5.73 Å². The van der Waals surface area contributed by atoms with Crippen LogP contribution in [0.4, 0.5) is 5.69 Å². The number of nitrogens with zero attached hydrogens (tertiary/aromatic N) is 2. The average Bonchev–Trinajstić information content (AvgIpc) is 2.48. The highest BCUT2D eigenvalue weighted by Gasteiger charge is 2.14. The first kappa shape index (κ1) is 15.4. The van der Waals surface area contributed by atoms with E-state index in [-0.39, 0.29) is 5.84 Å². The van der Waals surface area contributed by atoms with E-state index in [9.17, 15) is 0 Å². The lowest BCUT2D eigenvalue weighted by Gasteiger charge is -2.23. The van der Waals surface area contributed by atoms with Gasteiger partial charge in [0.05, 0.1) is 5.56 Å². The molecule has 0 amide bonds. The van der Waals surface area contributed by atoms with Crippen LogP contribution in [-0.4, -0.2) is 23.6 Å². The summed E-state index contributed by atoms with van der Waals surface area (Å²) in [4.78, 5) is 7.30. The summed E-state index contributed by atoms with van der Waals surface area (Å²) in [6, 6.07) is 10.0. The fraction of sp³-hybridized carbons (Fsp3) is 0.250. The van der Waals surface area contributed by atoms with Crippen LogP contribution in [0.15, 0.2) is 47.6 Å². The zero-order chi connectivity index (χ0) is 15.2. The van der Waals surface area contributed by atoms with Crippen LogP contribution >= 0.6 is 11.8 Å². The van der Waals surface area contributed by atoms with Gasteiger partial charge in [-0.2, -0.15) is 0 Å². The highest BCUT2D eigenvalue weighted by atomic mass is 32.2. The van der Waals surface area contributed by atoms with E-state index in [1.54, 1.807) is 18.0 Å². The van der Waals surface area contributed by atoms with Gasteiger partial charge in [-0.25, -0.2) is 0 Å². The summed E-state index contributed by atoms with van der Waals surface area (Å²) in [7, 11) is 2.01. The first-order chi connectivity index (χ1) is 10.1. The van der Waals surface area contributed by atoms with Crippen LogP contribution in [0.2, 0.25) is 0 Å². The zero-order valence-corrected chi connectivity index (χ0v) is 13.2. The number of pyridine rings is 1. The zero-order valence-electron chi connectivity index (χ0n) is 12.3. The predicted octanol–water partition coefficient (Wildman–Crippen LogP) is 3.11. The average molecular weight is 300 g/mol. The van der Waals surface area contributed by atoms with Gasteiger partial charge in [0.25, 0.3) is 0 Å². The Morgan fingerprint density at radius 3 is 2.76 bits per heavy atom. The highest BCUT2D eigenvalue weighted by molar-refractivity contribution is 7.99. The topological polar surface area (TPSA) is 66.0 Å². The van der Waals surface area contributed by atoms with E-state index in [2.05, 4.69) is 16.8 Å². The molecule has 2 aromatic rings. The van der Waals surface area contributed by atoms with Gasteiger partial charge in [0.15, 0.2) is 0 Å². The first-order valence-electron chi connectivity index (χ1n) is 6.83. The van der Waals surface area contributed by atoms with Crippen molar-refractivity contribution in [3.63, 3.8) is 0 Å². The minimum Gasteiger partial charge on any atom is -0.384 e. The number of nitrogen functional groups attached to an aromatic ring is 1. The van der Waals surface area contributed by atoms with Crippen LogP contribution in [0.5, 0.6) is 0 Å². The third-order valence-corrected chi connectivity index (χ3v) is 4.07. The molecule has 0 spiro atoms. The molecule has 0 unspecified atom stereocenters. The van der Waals surface area contributed by atoms with E-state index in [0.717, 1.165) is 34.0 Å². The smallest absolute Gasteiger partial charge is 0.126 e. The van der Waals surface area contributed by atoms with Crippen molar-refractivity contribution in [1.29, 1.82) is 5.41 Å². The quantitative estimate of drug-likeness (QED) is 0.489. The lowest BCUT2D eigenvalue weighted by atomic mass is 10.1. The SMILES string of the molecule is CCSc1cccc(N(C)Cc2cccnc2)c1C(=N)N. The molecule has 0 fully saturated rings. The molecule has 4 nitrogen and oxygen atoms in total. The molecule has 0 saturated heterocycles. The summed E-state index contributed by atoms with van der Waals surface area (Å²) in [5, 5.41) is 7.89. The standard InChI is InChI=1S/C16H20N4S/c1-3-21-14-8-4-7-13(15(14)16(17)18)20(2)11-12-6-5-9-19-10-12/h4-10H,3,11H2,1-2H3,(H3,17,18). The molecule has 1 heterocycles. The van der Waals surface area contributed by atoms with Gasteiger partial charge in [0.1, 0.15) is 5.84 Å². The Labute approximate surface area is 129 Å². The second-order valence-electron chi connectivity index (χ2n) is 4.71. The Morgan fingerprint density at radius 2 is 2.14 bits per heavy atom. The second kappa shape index (κ2) is 7.13. The van der Waals surface area contributed by atoms with E-state index in [0.29, 0.717) is 0 Å². The molecule has 1 aromatic heterocycles. The molecule has 0 aliphatic carbocycles. The van der Waals surface area contributed by atoms with Crippen molar-refractivity contribution < 1.29 is 0 Å². The van der Waals surface area contributed by atoms with Crippen molar-refractivity contribution in [2.45, 2.75) is 18.4 Å². The fourth-order valence-corrected chi connectivity index (χ4v) is 3.08. The Morgan fingerprint density at radius 1 is 1.33 bits per heavy atom. The number of aromatic nitrogens is 1. The number of thioether (sulfide) groups is 1. The van der Waals surface area contributed by atoms with E-state index in [4.69, 9.17) is 11.1 Å². The summed E-state index contributed by atoms with van der Waals surface area (Å²) in [6.07, 6.45) is 3.62. The van der Waals surface area contributed by atoms with Crippen LogP contribution in [-0.2, 0) is 6.54 Å². The van der Waals surface area contributed by atoms with Crippen molar-refractivity contribution in [3.8, 4) is 0 Å². The molecule has 1 aromatic carbocycles. The van der Waals surface area contributed by atoms with Gasteiger partial charge in [0.2, 0.25) is 0 Å². The maximum Gasteiger partial charge on any atom is 0.126 e. The van der Waals surface area contributed by atoms with Crippen LogP contribution in [0.1, 0.15) is 18.1 Å². The molecular formula is C16H20N4S. The van der Waals surface area contributed by atoms with Crippen molar-refractivity contribution in [2.75, 3.05) is 17.7 Å². The Hall–Kier alpha value is -2.01. The third-order valence-electron chi connectivity index (χ3n) is 3.13. The Balaban J connectivity index is 2.34. The van der Waals surface area contributed by atoms with E-state index >= 15 is 0 Å². The van der Waals surface area contributed by atoms with Crippen molar-refractivity contribution in [1.82, 2.24) is 4.98 Å². The van der Waals surface area contributed by atoms with E-state index < -0.39 is 0 Å². The summed E-state index contributed by atoms with van der Waals surface area (Å²) < 4.78 is 0. The number of nitrogens with two attached hydrogens (primary N) is 1. The number of amidine groups is 1. The fourth-order valence-electron chi connectivity index (χ4n) is 2.23. The minimum atomic E-state index is 0.111. The lowest BCUT2D eigenvalue weighted by Crippen LogP contribution is -2.22. The third kappa shape index (κ3) is 3.76. The first-order valence-corrected chi connectivity index (χ1v) is 7.82. The summed E-state index contributed by atoms with van der Waals surface area (Å²) in [5.74, 6) is 1.07. The number of hydrogen-bond acceptors (Lipinski definition) is 4. The van der Waals surface area contributed by atoms with Crippen molar-refractivity contribution in [3.05, 3.63) is 53.9 Å². The number of hydrogen-bond donors (Lipinski definition) is 2. The molecule has 0 saturated carbocycles. The Kier molecular flexibility index (Phi) is 5.22.